The first-order valence-electron chi connectivity index (χ1n) is 8.81. The maximum absolute atomic E-state index is 12.3. The van der Waals surface area contributed by atoms with Crippen LogP contribution in [0.5, 0.6) is 0 Å². The van der Waals surface area contributed by atoms with Gasteiger partial charge in [0.15, 0.2) is 0 Å². The Kier molecular flexibility index (Phi) is 6.09. The van der Waals surface area contributed by atoms with Crippen molar-refractivity contribution in [3.63, 3.8) is 0 Å². The molecule has 0 aliphatic heterocycles. The molecule has 2 aromatic carbocycles. The Morgan fingerprint density at radius 1 is 1.11 bits per heavy atom. The molecule has 1 heterocycles. The molecule has 0 bridgehead atoms. The van der Waals surface area contributed by atoms with Crippen molar-refractivity contribution < 1.29 is 4.79 Å². The van der Waals surface area contributed by atoms with Crippen LogP contribution in [-0.4, -0.2) is 22.2 Å². The number of hydrogen-bond donors (Lipinski definition) is 1. The molecule has 0 fully saturated rings. The second-order valence-corrected chi connectivity index (χ2v) is 6.72. The molecule has 5 heteroatoms. The molecule has 0 radical (unpaired) electrons. The molecule has 4 nitrogen and oxygen atoms in total. The molecule has 0 atom stereocenters. The molecule has 0 aliphatic carbocycles. The number of rotatable bonds is 6. The van der Waals surface area contributed by atoms with Crippen LogP contribution in [-0.2, 0) is 11.8 Å². The average Bonchev–Trinajstić information content (AvgIpc) is 2.93. The quantitative estimate of drug-likeness (QED) is 0.647. The Morgan fingerprint density at radius 3 is 2.15 bits per heavy atom. The lowest BCUT2D eigenvalue weighted by atomic mass is 9.91. The highest BCUT2D eigenvalue weighted by Gasteiger charge is 2.14. The topological polar surface area (TPSA) is 46.9 Å². The van der Waals surface area contributed by atoms with Gasteiger partial charge in [-0.3, -0.25) is 9.48 Å². The third kappa shape index (κ3) is 4.66. The summed E-state index contributed by atoms with van der Waals surface area (Å²) in [6, 6.07) is 20.4. The van der Waals surface area contributed by atoms with Gasteiger partial charge in [0.05, 0.1) is 5.69 Å². The fourth-order valence-electron chi connectivity index (χ4n) is 3.06. The van der Waals surface area contributed by atoms with Gasteiger partial charge in [0.1, 0.15) is 5.15 Å². The molecular formula is C22H22ClN3O. The number of carbonyl (C=O) groups is 1. The lowest BCUT2D eigenvalue weighted by Gasteiger charge is -2.18. The average molecular weight is 380 g/mol. The van der Waals surface area contributed by atoms with Crippen molar-refractivity contribution in [3.05, 3.63) is 94.3 Å². The van der Waals surface area contributed by atoms with Crippen molar-refractivity contribution in [3.8, 4) is 0 Å². The zero-order chi connectivity index (χ0) is 19.2. The van der Waals surface area contributed by atoms with Gasteiger partial charge in [-0.25, -0.2) is 0 Å². The lowest BCUT2D eigenvalue weighted by molar-refractivity contribution is -0.116. The summed E-state index contributed by atoms with van der Waals surface area (Å²) in [6.45, 7) is 2.38. The molecule has 1 N–H and O–H groups in total. The van der Waals surface area contributed by atoms with Crippen LogP contribution in [0.3, 0.4) is 0 Å². The predicted molar refractivity (Wildman–Crippen MR) is 110 cm³/mol. The van der Waals surface area contributed by atoms with Crippen LogP contribution in [0.2, 0.25) is 5.15 Å². The highest BCUT2D eigenvalue weighted by molar-refractivity contribution is 6.31. The Balaban J connectivity index is 1.72. The third-order valence-corrected chi connectivity index (χ3v) is 4.93. The Labute approximate surface area is 164 Å². The van der Waals surface area contributed by atoms with E-state index in [0.29, 0.717) is 11.7 Å². The fraction of sp³-hybridized carbons (Fsp3) is 0.182. The number of hydrogen-bond acceptors (Lipinski definition) is 2. The Morgan fingerprint density at radius 2 is 1.67 bits per heavy atom. The zero-order valence-electron chi connectivity index (χ0n) is 15.4. The number of nitrogens with zero attached hydrogens (tertiary/aromatic N) is 2. The molecular weight excluding hydrogens is 358 g/mol. The molecule has 138 valence electrons. The molecule has 0 saturated heterocycles. The number of nitrogens with one attached hydrogen (secondary N) is 1. The van der Waals surface area contributed by atoms with Crippen molar-refractivity contribution in [1.29, 1.82) is 0 Å². The van der Waals surface area contributed by atoms with Gasteiger partial charge in [0.25, 0.3) is 0 Å². The van der Waals surface area contributed by atoms with Crippen LogP contribution >= 0.6 is 11.6 Å². The SMILES string of the molecule is Cc1nn(C)c(Cl)c1/C=C/C(=O)NCC(c1ccccc1)c1ccccc1. The summed E-state index contributed by atoms with van der Waals surface area (Å²) in [4.78, 5) is 12.3. The van der Waals surface area contributed by atoms with Crippen molar-refractivity contribution in [1.82, 2.24) is 15.1 Å². The Bertz CT molecular complexity index is 893. The smallest absolute Gasteiger partial charge is 0.244 e. The number of aryl methyl sites for hydroxylation is 2. The molecule has 1 amide bonds. The van der Waals surface area contributed by atoms with Crippen LogP contribution in [0.1, 0.15) is 28.3 Å². The van der Waals surface area contributed by atoms with Crippen LogP contribution in [0.4, 0.5) is 0 Å². The van der Waals surface area contributed by atoms with E-state index < -0.39 is 0 Å². The van der Waals surface area contributed by atoms with Crippen molar-refractivity contribution in [2.24, 2.45) is 7.05 Å². The number of carbonyl (C=O) groups excluding carboxylic acids is 1. The largest absolute Gasteiger partial charge is 0.352 e. The monoisotopic (exact) mass is 379 g/mol. The van der Waals surface area contributed by atoms with Gasteiger partial charge in [0.2, 0.25) is 5.91 Å². The summed E-state index contributed by atoms with van der Waals surface area (Å²) >= 11 is 6.20. The van der Waals surface area contributed by atoms with Crippen molar-refractivity contribution in [2.45, 2.75) is 12.8 Å². The minimum Gasteiger partial charge on any atom is -0.352 e. The van der Waals surface area contributed by atoms with Gasteiger partial charge in [-0.2, -0.15) is 5.10 Å². The van der Waals surface area contributed by atoms with Gasteiger partial charge in [-0.1, -0.05) is 72.3 Å². The summed E-state index contributed by atoms with van der Waals surface area (Å²) in [5.41, 5.74) is 3.88. The highest BCUT2D eigenvalue weighted by Crippen LogP contribution is 2.24. The van der Waals surface area contributed by atoms with Crippen LogP contribution < -0.4 is 5.32 Å². The predicted octanol–water partition coefficient (Wildman–Crippen LogP) is 4.34. The van der Waals surface area contributed by atoms with E-state index in [1.807, 2.05) is 43.3 Å². The van der Waals surface area contributed by atoms with Gasteiger partial charge in [-0.15, -0.1) is 0 Å². The molecule has 1 aromatic heterocycles. The second-order valence-electron chi connectivity index (χ2n) is 6.37. The lowest BCUT2D eigenvalue weighted by Crippen LogP contribution is -2.27. The minimum absolute atomic E-state index is 0.0912. The van der Waals surface area contributed by atoms with E-state index in [2.05, 4.69) is 34.7 Å². The summed E-state index contributed by atoms with van der Waals surface area (Å²) < 4.78 is 1.59. The van der Waals surface area contributed by atoms with Gasteiger partial charge >= 0.3 is 0 Å². The van der Waals surface area contributed by atoms with Crippen molar-refractivity contribution >= 4 is 23.6 Å². The van der Waals surface area contributed by atoms with E-state index in [1.54, 1.807) is 17.8 Å². The fourth-order valence-corrected chi connectivity index (χ4v) is 3.29. The first-order valence-corrected chi connectivity index (χ1v) is 9.19. The summed E-state index contributed by atoms with van der Waals surface area (Å²) in [5, 5.41) is 7.76. The van der Waals surface area contributed by atoms with Crippen LogP contribution in [0.15, 0.2) is 66.7 Å². The number of amides is 1. The standard InChI is InChI=1S/C22H22ClN3O/c1-16-19(22(23)26(2)25-16)13-14-21(27)24-15-20(17-9-5-3-6-10-17)18-11-7-4-8-12-18/h3-14,20H,15H2,1-2H3,(H,24,27)/b14-13+. The van der Waals surface area contributed by atoms with E-state index in [-0.39, 0.29) is 11.8 Å². The molecule has 3 aromatic rings. The number of aromatic nitrogens is 2. The van der Waals surface area contributed by atoms with E-state index in [4.69, 9.17) is 11.6 Å². The third-order valence-electron chi connectivity index (χ3n) is 4.48. The van der Waals surface area contributed by atoms with E-state index in [9.17, 15) is 4.79 Å². The van der Waals surface area contributed by atoms with Crippen LogP contribution in [0.25, 0.3) is 6.08 Å². The minimum atomic E-state index is -0.161. The zero-order valence-corrected chi connectivity index (χ0v) is 16.1. The van der Waals surface area contributed by atoms with Crippen molar-refractivity contribution in [2.75, 3.05) is 6.54 Å². The van der Waals surface area contributed by atoms with E-state index in [1.165, 1.54) is 17.2 Å². The number of halogens is 1. The summed E-state index contributed by atoms with van der Waals surface area (Å²) in [7, 11) is 1.77. The molecule has 0 aliphatic rings. The van der Waals surface area contributed by atoms with Gasteiger partial charge in [-0.05, 0) is 24.1 Å². The molecule has 0 unspecified atom stereocenters. The Hall–Kier alpha value is -2.85. The molecule has 0 spiro atoms. The number of benzene rings is 2. The normalized spacial score (nSPS) is 11.3. The van der Waals surface area contributed by atoms with E-state index in [0.717, 1.165) is 11.3 Å². The molecule has 0 saturated carbocycles. The maximum atomic E-state index is 12.3. The van der Waals surface area contributed by atoms with Gasteiger partial charge in [0, 0.05) is 31.1 Å². The second kappa shape index (κ2) is 8.69. The first kappa shape index (κ1) is 18.9. The van der Waals surface area contributed by atoms with Gasteiger partial charge < -0.3 is 5.32 Å². The molecule has 3 rings (SSSR count). The summed E-state index contributed by atoms with van der Waals surface area (Å²) in [6.07, 6.45) is 3.21. The van der Waals surface area contributed by atoms with Crippen LogP contribution in [0, 0.1) is 6.92 Å². The first-order chi connectivity index (χ1) is 13.1. The van der Waals surface area contributed by atoms with E-state index >= 15 is 0 Å². The molecule has 27 heavy (non-hydrogen) atoms. The highest BCUT2D eigenvalue weighted by atomic mass is 35.5. The maximum Gasteiger partial charge on any atom is 0.244 e. The summed E-state index contributed by atoms with van der Waals surface area (Å²) in [5.74, 6) is -0.0698.